The quantitative estimate of drug-likeness (QED) is 0.0321. The molecule has 2 unspecified atom stereocenters. The molecule has 390 valence electrons. The van der Waals surface area contributed by atoms with Crippen LogP contribution in [0.3, 0.4) is 0 Å². The van der Waals surface area contributed by atoms with E-state index in [1.165, 1.54) is 250 Å². The molecule has 0 spiro atoms. The average Bonchev–Trinajstić information content (AvgIpc) is 3.32. The Morgan fingerprint density at radius 2 is 0.712 bits per heavy atom. The molecule has 0 saturated heterocycles. The maximum atomic E-state index is 12.4. The zero-order chi connectivity index (χ0) is 47.9. The van der Waals surface area contributed by atoms with E-state index in [2.05, 4.69) is 31.3 Å². The summed E-state index contributed by atoms with van der Waals surface area (Å²) in [4.78, 5) is 24.4. The molecule has 0 heterocycles. The highest BCUT2D eigenvalue weighted by Crippen LogP contribution is 2.17. The lowest BCUT2D eigenvalue weighted by Gasteiger charge is -2.20. The molecule has 0 rings (SSSR count). The van der Waals surface area contributed by atoms with E-state index in [0.29, 0.717) is 19.4 Å². The van der Waals surface area contributed by atoms with Crippen molar-refractivity contribution in [3.63, 3.8) is 0 Å². The number of hydrogen-bond donors (Lipinski definition) is 3. The molecule has 0 radical (unpaired) electrons. The van der Waals surface area contributed by atoms with Gasteiger partial charge in [-0.1, -0.05) is 276 Å². The number of esters is 1. The molecule has 0 saturated carbocycles. The van der Waals surface area contributed by atoms with Crippen LogP contribution < -0.4 is 5.32 Å². The molecule has 6 nitrogen and oxygen atoms in total. The second kappa shape index (κ2) is 55.9. The zero-order valence-electron chi connectivity index (χ0n) is 44.4. The van der Waals surface area contributed by atoms with Gasteiger partial charge in [0.1, 0.15) is 0 Å². The van der Waals surface area contributed by atoms with Crippen LogP contribution in [0.15, 0.2) is 24.3 Å². The Hall–Kier alpha value is -1.66. The van der Waals surface area contributed by atoms with Crippen LogP contribution in [-0.2, 0) is 14.3 Å². The molecule has 0 aliphatic carbocycles. The van der Waals surface area contributed by atoms with Gasteiger partial charge in [-0.05, 0) is 57.8 Å². The minimum atomic E-state index is -0.840. The Bertz CT molecular complexity index is 1030. The number of carbonyl (C=O) groups is 2. The molecule has 0 aromatic rings. The van der Waals surface area contributed by atoms with Crippen LogP contribution in [0.4, 0.5) is 0 Å². The van der Waals surface area contributed by atoms with Crippen molar-refractivity contribution in [1.29, 1.82) is 0 Å². The molecular formula is C60H115NO5. The zero-order valence-corrected chi connectivity index (χ0v) is 44.4. The van der Waals surface area contributed by atoms with Crippen LogP contribution >= 0.6 is 0 Å². The van der Waals surface area contributed by atoms with E-state index in [-0.39, 0.29) is 18.5 Å². The number of amides is 1. The number of nitrogens with one attached hydrogen (secondary N) is 1. The Labute approximate surface area is 411 Å². The predicted molar refractivity (Wildman–Crippen MR) is 287 cm³/mol. The molecule has 0 aromatic carbocycles. The number of hydrogen-bond acceptors (Lipinski definition) is 5. The minimum absolute atomic E-state index is 0.00819. The monoisotopic (exact) mass is 930 g/mol. The molecule has 0 fully saturated rings. The van der Waals surface area contributed by atoms with Gasteiger partial charge in [-0.25, -0.2) is 0 Å². The SMILES string of the molecule is CCCCCCC/C=C\CCCCCCCC(=O)OCCCCCCCCCCCCCCCCCCCCCCCCCCCCC(=O)NC(CO)C(O)/C=C/CCCCCCCCC. The maximum Gasteiger partial charge on any atom is 0.305 e. The lowest BCUT2D eigenvalue weighted by atomic mass is 10.0. The summed E-state index contributed by atoms with van der Waals surface area (Å²) in [5, 5.41) is 22.9. The maximum absolute atomic E-state index is 12.4. The fraction of sp³-hybridized carbons (Fsp3) is 0.900. The second-order valence-electron chi connectivity index (χ2n) is 20.3. The van der Waals surface area contributed by atoms with Crippen molar-refractivity contribution in [2.75, 3.05) is 13.2 Å². The summed E-state index contributed by atoms with van der Waals surface area (Å²) in [7, 11) is 0. The highest BCUT2D eigenvalue weighted by atomic mass is 16.5. The smallest absolute Gasteiger partial charge is 0.305 e. The molecule has 3 N–H and O–H groups in total. The van der Waals surface area contributed by atoms with Gasteiger partial charge in [0, 0.05) is 12.8 Å². The molecule has 1 amide bonds. The Balaban J connectivity index is 3.33. The van der Waals surface area contributed by atoms with Crippen molar-refractivity contribution in [2.24, 2.45) is 0 Å². The van der Waals surface area contributed by atoms with Crippen LogP contribution in [0.2, 0.25) is 0 Å². The van der Waals surface area contributed by atoms with Gasteiger partial charge in [0.2, 0.25) is 5.91 Å². The number of allylic oxidation sites excluding steroid dienone is 3. The number of aliphatic hydroxyl groups is 2. The van der Waals surface area contributed by atoms with Gasteiger partial charge < -0.3 is 20.3 Å². The van der Waals surface area contributed by atoms with Crippen molar-refractivity contribution < 1.29 is 24.5 Å². The first-order valence-corrected chi connectivity index (χ1v) is 29.6. The van der Waals surface area contributed by atoms with Gasteiger partial charge in [0.05, 0.1) is 25.4 Å². The third kappa shape index (κ3) is 51.7. The average molecular weight is 931 g/mol. The minimum Gasteiger partial charge on any atom is -0.466 e. The first-order chi connectivity index (χ1) is 32.5. The van der Waals surface area contributed by atoms with E-state index < -0.39 is 12.1 Å². The van der Waals surface area contributed by atoms with Crippen molar-refractivity contribution in [1.82, 2.24) is 5.32 Å². The van der Waals surface area contributed by atoms with Crippen LogP contribution in [0.1, 0.15) is 322 Å². The number of ether oxygens (including phenoxy) is 1. The second-order valence-corrected chi connectivity index (χ2v) is 20.3. The molecule has 0 aromatic heterocycles. The first kappa shape index (κ1) is 64.3. The van der Waals surface area contributed by atoms with Gasteiger partial charge in [-0.15, -0.1) is 0 Å². The van der Waals surface area contributed by atoms with Gasteiger partial charge in [-0.3, -0.25) is 9.59 Å². The van der Waals surface area contributed by atoms with E-state index in [1.807, 2.05) is 6.08 Å². The third-order valence-corrected chi connectivity index (χ3v) is 13.7. The fourth-order valence-electron chi connectivity index (χ4n) is 9.16. The predicted octanol–water partition coefficient (Wildman–Crippen LogP) is 18.2. The highest BCUT2D eigenvalue weighted by molar-refractivity contribution is 5.76. The van der Waals surface area contributed by atoms with Gasteiger partial charge >= 0.3 is 5.97 Å². The number of carbonyl (C=O) groups excluding carboxylic acids is 2. The summed E-state index contributed by atoms with van der Waals surface area (Å²) in [6, 6.07) is -0.623. The van der Waals surface area contributed by atoms with E-state index in [4.69, 9.17) is 4.74 Å². The Kier molecular flexibility index (Phi) is 54.5. The molecule has 66 heavy (non-hydrogen) atoms. The van der Waals surface area contributed by atoms with Gasteiger partial charge in [-0.2, -0.15) is 0 Å². The largest absolute Gasteiger partial charge is 0.466 e. The fourth-order valence-corrected chi connectivity index (χ4v) is 9.16. The number of aliphatic hydroxyl groups excluding tert-OH is 2. The van der Waals surface area contributed by atoms with Crippen molar-refractivity contribution in [2.45, 2.75) is 334 Å². The Morgan fingerprint density at radius 3 is 1.08 bits per heavy atom. The van der Waals surface area contributed by atoms with E-state index in [9.17, 15) is 19.8 Å². The summed E-state index contributed by atoms with van der Waals surface area (Å²) < 4.78 is 5.48. The van der Waals surface area contributed by atoms with E-state index in [0.717, 1.165) is 44.9 Å². The van der Waals surface area contributed by atoms with Crippen LogP contribution in [0.5, 0.6) is 0 Å². The molecule has 2 atom stereocenters. The number of rotatable bonds is 55. The highest BCUT2D eigenvalue weighted by Gasteiger charge is 2.18. The van der Waals surface area contributed by atoms with Crippen molar-refractivity contribution >= 4 is 11.9 Å². The molecule has 0 aliphatic rings. The summed E-state index contributed by atoms with van der Waals surface area (Å²) in [6.45, 7) is 4.87. The molecule has 0 aliphatic heterocycles. The van der Waals surface area contributed by atoms with Gasteiger partial charge in [0.15, 0.2) is 0 Å². The first-order valence-electron chi connectivity index (χ1n) is 29.6. The normalized spacial score (nSPS) is 12.7. The van der Waals surface area contributed by atoms with Crippen molar-refractivity contribution in [3.8, 4) is 0 Å². The summed E-state index contributed by atoms with van der Waals surface area (Å²) >= 11 is 0. The summed E-state index contributed by atoms with van der Waals surface area (Å²) in [5.41, 5.74) is 0. The summed E-state index contributed by atoms with van der Waals surface area (Å²) in [6.07, 6.45) is 68.0. The Morgan fingerprint density at radius 1 is 0.409 bits per heavy atom. The van der Waals surface area contributed by atoms with Crippen molar-refractivity contribution in [3.05, 3.63) is 24.3 Å². The molecule has 6 heteroatoms. The van der Waals surface area contributed by atoms with Crippen LogP contribution in [0.25, 0.3) is 0 Å². The van der Waals surface area contributed by atoms with Crippen LogP contribution in [0, 0.1) is 0 Å². The van der Waals surface area contributed by atoms with Gasteiger partial charge in [0.25, 0.3) is 0 Å². The van der Waals surface area contributed by atoms with E-state index >= 15 is 0 Å². The lowest BCUT2D eigenvalue weighted by molar-refractivity contribution is -0.143. The van der Waals surface area contributed by atoms with E-state index in [1.54, 1.807) is 6.08 Å². The van der Waals surface area contributed by atoms with Crippen LogP contribution in [-0.4, -0.2) is 47.4 Å². The summed E-state index contributed by atoms with van der Waals surface area (Å²) in [5.74, 6) is -0.0597. The molecular weight excluding hydrogens is 815 g/mol. The topological polar surface area (TPSA) is 95.9 Å². The molecule has 0 bridgehead atoms. The third-order valence-electron chi connectivity index (χ3n) is 13.7. The lowest BCUT2D eigenvalue weighted by Crippen LogP contribution is -2.45. The standard InChI is InChI=1S/C60H115NO5/c1-3-5-7-9-11-13-14-15-31-34-38-42-46-50-54-60(65)66-55-51-47-43-39-35-32-29-27-25-23-21-19-17-16-18-20-22-24-26-28-30-33-37-41-45-49-53-59(64)61-57(56-62)58(63)52-48-44-40-36-12-10-8-6-4-2/h14-15,48,52,57-58,62-63H,3-13,16-47,49-51,53-56H2,1-2H3,(H,61,64)/b15-14-,52-48+. The number of unbranched alkanes of at least 4 members (excludes halogenated alkanes) is 42.